The van der Waals surface area contributed by atoms with Gasteiger partial charge in [-0.1, -0.05) is 13.0 Å². The molecule has 4 heteroatoms. The number of nitrogens with one attached hydrogen (secondary N) is 1. The molecule has 1 heterocycles. The Morgan fingerprint density at radius 2 is 2.00 bits per heavy atom. The van der Waals surface area contributed by atoms with Gasteiger partial charge in [0.15, 0.2) is 0 Å². The van der Waals surface area contributed by atoms with Gasteiger partial charge in [-0.05, 0) is 57.9 Å². The summed E-state index contributed by atoms with van der Waals surface area (Å²) in [6, 6.07) is 3.71. The van der Waals surface area contributed by atoms with Crippen LogP contribution in [0.5, 0.6) is 0 Å². The van der Waals surface area contributed by atoms with Gasteiger partial charge >= 0.3 is 0 Å². The number of rotatable bonds is 5. The van der Waals surface area contributed by atoms with Gasteiger partial charge in [-0.25, -0.2) is 8.78 Å². The van der Waals surface area contributed by atoms with Gasteiger partial charge in [-0.3, -0.25) is 0 Å². The lowest BCUT2D eigenvalue weighted by molar-refractivity contribution is 0.188. The highest BCUT2D eigenvalue weighted by Crippen LogP contribution is 2.20. The van der Waals surface area contributed by atoms with Crippen molar-refractivity contribution in [3.8, 4) is 0 Å². The molecule has 1 aromatic carbocycles. The van der Waals surface area contributed by atoms with Gasteiger partial charge in [-0.2, -0.15) is 0 Å². The number of nitrogens with zero attached hydrogens (tertiary/aromatic N) is 1. The van der Waals surface area contributed by atoms with E-state index in [0.29, 0.717) is 11.5 Å². The fourth-order valence-electron chi connectivity index (χ4n) is 2.81. The number of benzene rings is 1. The summed E-state index contributed by atoms with van der Waals surface area (Å²) in [6.07, 6.45) is 2.39. The Morgan fingerprint density at radius 3 is 2.60 bits per heavy atom. The van der Waals surface area contributed by atoms with Gasteiger partial charge in [0.25, 0.3) is 0 Å². The topological polar surface area (TPSA) is 15.3 Å². The van der Waals surface area contributed by atoms with E-state index in [0.717, 1.165) is 32.2 Å². The zero-order valence-electron chi connectivity index (χ0n) is 12.3. The van der Waals surface area contributed by atoms with Gasteiger partial charge in [0.1, 0.15) is 11.6 Å². The van der Waals surface area contributed by atoms with Crippen molar-refractivity contribution >= 4 is 0 Å². The molecule has 0 spiro atoms. The molecule has 1 saturated heterocycles. The molecule has 1 atom stereocenters. The normalized spacial score (nSPS) is 19.2. The van der Waals surface area contributed by atoms with E-state index in [2.05, 4.69) is 17.1 Å². The molecule has 2 rings (SSSR count). The van der Waals surface area contributed by atoms with Crippen molar-refractivity contribution in [3.05, 3.63) is 35.4 Å². The molecular formula is C16H24F2N2. The Balaban J connectivity index is 1.82. The van der Waals surface area contributed by atoms with Gasteiger partial charge in [0.05, 0.1) is 0 Å². The molecule has 1 aliphatic heterocycles. The smallest absolute Gasteiger partial charge is 0.130 e. The van der Waals surface area contributed by atoms with Crippen LogP contribution in [-0.2, 0) is 0 Å². The van der Waals surface area contributed by atoms with Crippen LogP contribution in [0.15, 0.2) is 18.2 Å². The largest absolute Gasteiger partial charge is 0.310 e. The summed E-state index contributed by atoms with van der Waals surface area (Å²) in [5.41, 5.74) is 0.539. The Hall–Kier alpha value is -1.00. The van der Waals surface area contributed by atoms with Crippen LogP contribution >= 0.6 is 0 Å². The summed E-state index contributed by atoms with van der Waals surface area (Å²) in [7, 11) is 0. The maximum absolute atomic E-state index is 13.7. The molecule has 1 aliphatic rings. The van der Waals surface area contributed by atoms with E-state index >= 15 is 0 Å². The van der Waals surface area contributed by atoms with Crippen molar-refractivity contribution in [2.45, 2.75) is 32.7 Å². The molecule has 1 N–H and O–H groups in total. The van der Waals surface area contributed by atoms with Crippen LogP contribution in [0.1, 0.15) is 38.3 Å². The van der Waals surface area contributed by atoms with E-state index in [1.165, 1.54) is 25.0 Å². The average molecular weight is 282 g/mol. The second kappa shape index (κ2) is 7.14. The number of likely N-dealkylation sites (tertiary alicyclic amines) is 1. The van der Waals surface area contributed by atoms with Crippen LogP contribution in [0.3, 0.4) is 0 Å². The third kappa shape index (κ3) is 4.00. The number of halogens is 2. The Bertz CT molecular complexity index is 428. The number of hydrogen-bond donors (Lipinski definition) is 1. The minimum Gasteiger partial charge on any atom is -0.310 e. The summed E-state index contributed by atoms with van der Waals surface area (Å²) in [5.74, 6) is -0.333. The van der Waals surface area contributed by atoms with Crippen molar-refractivity contribution in [1.82, 2.24) is 10.2 Å². The SMILES string of the molecule is CCN1CCC(CNC(C)c2ccc(F)cc2F)CC1. The molecule has 1 aromatic rings. The van der Waals surface area contributed by atoms with Crippen molar-refractivity contribution in [2.75, 3.05) is 26.2 Å². The van der Waals surface area contributed by atoms with E-state index in [-0.39, 0.29) is 6.04 Å². The summed E-state index contributed by atoms with van der Waals surface area (Å²) >= 11 is 0. The van der Waals surface area contributed by atoms with Crippen molar-refractivity contribution in [3.63, 3.8) is 0 Å². The van der Waals surface area contributed by atoms with Crippen LogP contribution in [0.2, 0.25) is 0 Å². The fraction of sp³-hybridized carbons (Fsp3) is 0.625. The molecule has 2 nitrogen and oxygen atoms in total. The zero-order chi connectivity index (χ0) is 14.5. The molecular weight excluding hydrogens is 258 g/mol. The number of piperidine rings is 1. The second-order valence-corrected chi connectivity index (χ2v) is 5.67. The van der Waals surface area contributed by atoms with Crippen LogP contribution in [0.25, 0.3) is 0 Å². The lowest BCUT2D eigenvalue weighted by atomic mass is 9.96. The maximum Gasteiger partial charge on any atom is 0.130 e. The Morgan fingerprint density at radius 1 is 1.30 bits per heavy atom. The van der Waals surface area contributed by atoms with Crippen LogP contribution < -0.4 is 5.32 Å². The second-order valence-electron chi connectivity index (χ2n) is 5.67. The predicted molar refractivity (Wildman–Crippen MR) is 77.6 cm³/mol. The number of hydrogen-bond acceptors (Lipinski definition) is 2. The van der Waals surface area contributed by atoms with Gasteiger partial charge < -0.3 is 10.2 Å². The summed E-state index contributed by atoms with van der Waals surface area (Å²) in [6.45, 7) is 8.45. The Kier molecular flexibility index (Phi) is 5.49. The van der Waals surface area contributed by atoms with E-state index in [1.807, 2.05) is 6.92 Å². The first-order valence-electron chi connectivity index (χ1n) is 7.50. The van der Waals surface area contributed by atoms with Crippen molar-refractivity contribution < 1.29 is 8.78 Å². The third-order valence-electron chi connectivity index (χ3n) is 4.30. The highest BCUT2D eigenvalue weighted by Gasteiger charge is 2.19. The van der Waals surface area contributed by atoms with Crippen molar-refractivity contribution in [1.29, 1.82) is 0 Å². The van der Waals surface area contributed by atoms with E-state index < -0.39 is 11.6 Å². The monoisotopic (exact) mass is 282 g/mol. The first-order valence-corrected chi connectivity index (χ1v) is 7.50. The molecule has 1 fully saturated rings. The highest BCUT2D eigenvalue weighted by atomic mass is 19.1. The van der Waals surface area contributed by atoms with Gasteiger partial charge in [0.2, 0.25) is 0 Å². The van der Waals surface area contributed by atoms with Crippen LogP contribution in [0.4, 0.5) is 8.78 Å². The Labute approximate surface area is 120 Å². The summed E-state index contributed by atoms with van der Waals surface area (Å²) < 4.78 is 26.6. The molecule has 0 bridgehead atoms. The first kappa shape index (κ1) is 15.4. The minimum absolute atomic E-state index is 0.0835. The molecule has 1 unspecified atom stereocenters. The van der Waals surface area contributed by atoms with Crippen LogP contribution in [0, 0.1) is 17.6 Å². The summed E-state index contributed by atoms with van der Waals surface area (Å²) in [5, 5.41) is 3.38. The quantitative estimate of drug-likeness (QED) is 0.891. The van der Waals surface area contributed by atoms with E-state index in [1.54, 1.807) is 0 Å². The minimum atomic E-state index is -0.523. The lowest BCUT2D eigenvalue weighted by Crippen LogP contribution is -2.37. The standard InChI is InChI=1S/C16H24F2N2/c1-3-20-8-6-13(7-9-20)11-19-12(2)15-5-4-14(17)10-16(15)18/h4-5,10,12-13,19H,3,6-9,11H2,1-2H3. The molecule has 0 radical (unpaired) electrons. The molecule has 0 aliphatic carbocycles. The van der Waals surface area contributed by atoms with Crippen LogP contribution in [-0.4, -0.2) is 31.1 Å². The van der Waals surface area contributed by atoms with E-state index in [9.17, 15) is 8.78 Å². The first-order chi connectivity index (χ1) is 9.60. The molecule has 0 amide bonds. The molecule has 20 heavy (non-hydrogen) atoms. The third-order valence-corrected chi connectivity index (χ3v) is 4.30. The molecule has 0 saturated carbocycles. The van der Waals surface area contributed by atoms with E-state index in [4.69, 9.17) is 0 Å². The zero-order valence-corrected chi connectivity index (χ0v) is 12.3. The highest BCUT2D eigenvalue weighted by molar-refractivity contribution is 5.21. The average Bonchev–Trinajstić information content (AvgIpc) is 2.45. The molecule has 112 valence electrons. The maximum atomic E-state index is 13.7. The summed E-state index contributed by atoms with van der Waals surface area (Å²) in [4.78, 5) is 2.46. The molecule has 0 aromatic heterocycles. The van der Waals surface area contributed by atoms with Crippen molar-refractivity contribution in [2.24, 2.45) is 5.92 Å². The fourth-order valence-corrected chi connectivity index (χ4v) is 2.81. The predicted octanol–water partition coefficient (Wildman–Crippen LogP) is 3.35. The van der Waals surface area contributed by atoms with Gasteiger partial charge in [0, 0.05) is 17.7 Å². The van der Waals surface area contributed by atoms with Gasteiger partial charge in [-0.15, -0.1) is 0 Å². The lowest BCUT2D eigenvalue weighted by Gasteiger charge is -2.31.